The molecule has 0 radical (unpaired) electrons. The van der Waals surface area contributed by atoms with Gasteiger partial charge in [0, 0.05) is 23.7 Å². The highest BCUT2D eigenvalue weighted by atomic mass is 35.5. The minimum Gasteiger partial charge on any atom is -0.306 e. The van der Waals surface area contributed by atoms with E-state index >= 15 is 0 Å². The molecule has 124 valence electrons. The van der Waals surface area contributed by atoms with Crippen LogP contribution in [0.3, 0.4) is 0 Å². The molecule has 2 aromatic carbocycles. The summed E-state index contributed by atoms with van der Waals surface area (Å²) in [6.07, 6.45) is 0.767. The van der Waals surface area contributed by atoms with Crippen molar-refractivity contribution in [3.63, 3.8) is 0 Å². The van der Waals surface area contributed by atoms with Crippen LogP contribution < -0.4 is 0 Å². The Hall–Kier alpha value is -1.78. The van der Waals surface area contributed by atoms with Crippen molar-refractivity contribution >= 4 is 23.4 Å². The second kappa shape index (κ2) is 7.86. The fraction of sp³-hybridized carbons (Fsp3) is 0.263. The molecule has 0 unspecified atom stereocenters. The molecule has 24 heavy (non-hydrogen) atoms. The zero-order valence-electron chi connectivity index (χ0n) is 13.9. The highest BCUT2D eigenvalue weighted by Gasteiger charge is 2.12. The van der Waals surface area contributed by atoms with Gasteiger partial charge in [-0.15, -0.1) is 10.2 Å². The largest absolute Gasteiger partial charge is 0.306 e. The van der Waals surface area contributed by atoms with Crippen LogP contribution in [0.2, 0.25) is 5.02 Å². The van der Waals surface area contributed by atoms with Gasteiger partial charge in [0.1, 0.15) is 5.82 Å². The number of aryl methyl sites for hydroxylation is 1. The topological polar surface area (TPSA) is 30.7 Å². The van der Waals surface area contributed by atoms with Crippen LogP contribution in [0.1, 0.15) is 29.4 Å². The van der Waals surface area contributed by atoms with E-state index in [0.717, 1.165) is 34.7 Å². The van der Waals surface area contributed by atoms with Crippen LogP contribution in [0, 0.1) is 6.92 Å². The van der Waals surface area contributed by atoms with Gasteiger partial charge in [0.2, 0.25) is 0 Å². The highest BCUT2D eigenvalue weighted by molar-refractivity contribution is 7.98. The second-order valence-corrected chi connectivity index (χ2v) is 7.10. The van der Waals surface area contributed by atoms with Gasteiger partial charge in [0.25, 0.3) is 0 Å². The third kappa shape index (κ3) is 4.19. The summed E-state index contributed by atoms with van der Waals surface area (Å²) >= 11 is 7.69. The Kier molecular flexibility index (Phi) is 5.59. The quantitative estimate of drug-likeness (QED) is 0.572. The first-order valence-electron chi connectivity index (χ1n) is 8.00. The lowest BCUT2D eigenvalue weighted by molar-refractivity contribution is 0.651. The SMILES string of the molecule is CCn1c(Cc2ccc(Cl)cc2)nnc1SCc1cccc(C)c1. The van der Waals surface area contributed by atoms with E-state index in [9.17, 15) is 0 Å². The van der Waals surface area contributed by atoms with Crippen LogP contribution >= 0.6 is 23.4 Å². The standard InChI is InChI=1S/C19H20ClN3S/c1-3-23-18(12-15-7-9-17(20)10-8-15)21-22-19(23)24-13-16-6-4-5-14(2)11-16/h4-11H,3,12-13H2,1-2H3. The fourth-order valence-corrected chi connectivity index (χ4v) is 3.70. The molecule has 0 aliphatic rings. The monoisotopic (exact) mass is 357 g/mol. The van der Waals surface area contributed by atoms with Crippen molar-refractivity contribution in [2.24, 2.45) is 0 Å². The Bertz CT molecular complexity index is 812. The van der Waals surface area contributed by atoms with Crippen LogP contribution in [0.5, 0.6) is 0 Å². The van der Waals surface area contributed by atoms with Gasteiger partial charge in [-0.3, -0.25) is 0 Å². The molecular weight excluding hydrogens is 338 g/mol. The summed E-state index contributed by atoms with van der Waals surface area (Å²) in [4.78, 5) is 0. The van der Waals surface area contributed by atoms with Gasteiger partial charge in [0.05, 0.1) is 0 Å². The van der Waals surface area contributed by atoms with Crippen LogP contribution in [-0.4, -0.2) is 14.8 Å². The maximum Gasteiger partial charge on any atom is 0.191 e. The van der Waals surface area contributed by atoms with Crippen molar-refractivity contribution in [2.45, 2.75) is 37.7 Å². The maximum absolute atomic E-state index is 5.95. The van der Waals surface area contributed by atoms with Crippen molar-refractivity contribution in [1.82, 2.24) is 14.8 Å². The number of hydrogen-bond acceptors (Lipinski definition) is 3. The molecule has 3 rings (SSSR count). The lowest BCUT2D eigenvalue weighted by Crippen LogP contribution is -2.04. The second-order valence-electron chi connectivity index (χ2n) is 5.72. The molecule has 0 amide bonds. The van der Waals surface area contributed by atoms with Gasteiger partial charge in [-0.2, -0.15) is 0 Å². The first kappa shape index (κ1) is 17.1. The number of aromatic nitrogens is 3. The zero-order valence-corrected chi connectivity index (χ0v) is 15.4. The minimum atomic E-state index is 0.755. The summed E-state index contributed by atoms with van der Waals surface area (Å²) in [6, 6.07) is 16.5. The predicted molar refractivity (Wildman–Crippen MR) is 101 cm³/mol. The third-order valence-corrected chi connectivity index (χ3v) is 5.13. The minimum absolute atomic E-state index is 0.755. The molecule has 3 nitrogen and oxygen atoms in total. The molecule has 0 atom stereocenters. The van der Waals surface area contributed by atoms with Gasteiger partial charge in [-0.1, -0.05) is 65.3 Å². The molecule has 3 aromatic rings. The fourth-order valence-electron chi connectivity index (χ4n) is 2.61. The summed E-state index contributed by atoms with van der Waals surface area (Å²) in [5.74, 6) is 1.90. The molecule has 0 saturated carbocycles. The number of benzene rings is 2. The average molecular weight is 358 g/mol. The molecule has 0 bridgehead atoms. The van der Waals surface area contributed by atoms with E-state index in [1.165, 1.54) is 16.7 Å². The molecule has 5 heteroatoms. The molecule has 0 fully saturated rings. The van der Waals surface area contributed by atoms with Crippen molar-refractivity contribution < 1.29 is 0 Å². The van der Waals surface area contributed by atoms with Crippen LogP contribution in [0.25, 0.3) is 0 Å². The van der Waals surface area contributed by atoms with Gasteiger partial charge in [-0.25, -0.2) is 0 Å². The molecule has 0 N–H and O–H groups in total. The average Bonchev–Trinajstić information content (AvgIpc) is 2.97. The van der Waals surface area contributed by atoms with E-state index in [-0.39, 0.29) is 0 Å². The number of hydrogen-bond donors (Lipinski definition) is 0. The summed E-state index contributed by atoms with van der Waals surface area (Å²) in [6.45, 7) is 5.12. The summed E-state index contributed by atoms with van der Waals surface area (Å²) in [7, 11) is 0. The van der Waals surface area contributed by atoms with Crippen molar-refractivity contribution in [3.8, 4) is 0 Å². The van der Waals surface area contributed by atoms with E-state index in [1.807, 2.05) is 24.3 Å². The number of nitrogens with zero attached hydrogens (tertiary/aromatic N) is 3. The normalized spacial score (nSPS) is 11.0. The van der Waals surface area contributed by atoms with Crippen molar-refractivity contribution in [3.05, 3.63) is 76.1 Å². The zero-order chi connectivity index (χ0) is 16.9. The Morgan fingerprint density at radius 1 is 1.04 bits per heavy atom. The predicted octanol–water partition coefficient (Wildman–Crippen LogP) is 5.14. The third-order valence-electron chi connectivity index (χ3n) is 3.84. The Morgan fingerprint density at radius 3 is 2.54 bits per heavy atom. The maximum atomic E-state index is 5.95. The van der Waals surface area contributed by atoms with E-state index in [4.69, 9.17) is 11.6 Å². The lowest BCUT2D eigenvalue weighted by Gasteiger charge is -2.08. The molecule has 0 aliphatic heterocycles. The molecule has 1 aromatic heterocycles. The van der Waals surface area contributed by atoms with E-state index < -0.39 is 0 Å². The van der Waals surface area contributed by atoms with Gasteiger partial charge in [-0.05, 0) is 37.1 Å². The van der Waals surface area contributed by atoms with Crippen molar-refractivity contribution in [2.75, 3.05) is 0 Å². The lowest BCUT2D eigenvalue weighted by atomic mass is 10.1. The first-order valence-corrected chi connectivity index (χ1v) is 9.37. The van der Waals surface area contributed by atoms with Crippen molar-refractivity contribution in [1.29, 1.82) is 0 Å². The van der Waals surface area contributed by atoms with E-state index in [1.54, 1.807) is 11.8 Å². The van der Waals surface area contributed by atoms with Crippen LogP contribution in [-0.2, 0) is 18.7 Å². The van der Waals surface area contributed by atoms with Crippen LogP contribution in [0.4, 0.5) is 0 Å². The van der Waals surface area contributed by atoms with Gasteiger partial charge < -0.3 is 4.57 Å². The number of halogens is 1. The molecule has 0 spiro atoms. The molecule has 0 aliphatic carbocycles. The number of rotatable bonds is 6. The Morgan fingerprint density at radius 2 is 1.83 bits per heavy atom. The molecular formula is C19H20ClN3S. The Balaban J connectivity index is 1.73. The molecule has 0 saturated heterocycles. The Labute approximate surface area is 152 Å². The highest BCUT2D eigenvalue weighted by Crippen LogP contribution is 2.23. The first-order chi connectivity index (χ1) is 11.7. The van der Waals surface area contributed by atoms with E-state index in [2.05, 4.69) is 52.9 Å². The molecule has 1 heterocycles. The van der Waals surface area contributed by atoms with E-state index in [0.29, 0.717) is 0 Å². The smallest absolute Gasteiger partial charge is 0.191 e. The summed E-state index contributed by atoms with van der Waals surface area (Å²) < 4.78 is 2.19. The van der Waals surface area contributed by atoms with Gasteiger partial charge >= 0.3 is 0 Å². The van der Waals surface area contributed by atoms with Gasteiger partial charge in [0.15, 0.2) is 5.16 Å². The summed E-state index contributed by atoms with van der Waals surface area (Å²) in [5.41, 5.74) is 3.79. The van der Waals surface area contributed by atoms with Crippen LogP contribution in [0.15, 0.2) is 53.7 Å². The number of thioether (sulfide) groups is 1. The summed E-state index contributed by atoms with van der Waals surface area (Å²) in [5, 5.41) is 10.5.